The van der Waals surface area contributed by atoms with Crippen LogP contribution in [-0.2, 0) is 22.9 Å². The van der Waals surface area contributed by atoms with Crippen LogP contribution < -0.4 is 10.3 Å². The highest BCUT2D eigenvalue weighted by Crippen LogP contribution is 2.33. The topological polar surface area (TPSA) is 96.1 Å². The molecule has 0 unspecified atom stereocenters. The standard InChI is InChI=1S/C13H18N2O4S/c1-13(2)5-4-10-8(7-13)6-9(11(16)14-10)12(17)15-20(3,18)19/h6H,4-5,7H2,1-3H3,(H,14,16)(H,15,17). The van der Waals surface area contributed by atoms with Gasteiger partial charge in [-0.1, -0.05) is 13.8 Å². The average Bonchev–Trinajstić information content (AvgIpc) is 2.25. The van der Waals surface area contributed by atoms with Crippen LogP contribution in [0.25, 0.3) is 0 Å². The third-order valence-corrected chi connectivity index (χ3v) is 4.01. The Kier molecular flexibility index (Phi) is 3.49. The summed E-state index contributed by atoms with van der Waals surface area (Å²) in [5, 5.41) is 0. The Morgan fingerprint density at radius 1 is 1.40 bits per heavy atom. The Labute approximate surface area is 117 Å². The molecule has 0 saturated carbocycles. The maximum absolute atomic E-state index is 11.9. The van der Waals surface area contributed by atoms with Crippen LogP contribution in [0.2, 0.25) is 0 Å². The van der Waals surface area contributed by atoms with Crippen LogP contribution in [0.5, 0.6) is 0 Å². The number of hydrogen-bond donors (Lipinski definition) is 2. The van der Waals surface area contributed by atoms with E-state index in [0.29, 0.717) is 0 Å². The zero-order valence-electron chi connectivity index (χ0n) is 11.7. The Hall–Kier alpha value is -1.63. The summed E-state index contributed by atoms with van der Waals surface area (Å²) in [6.45, 7) is 4.24. The maximum Gasteiger partial charge on any atom is 0.270 e. The number of aryl methyl sites for hydroxylation is 1. The summed E-state index contributed by atoms with van der Waals surface area (Å²) >= 11 is 0. The first-order valence-electron chi connectivity index (χ1n) is 6.35. The van der Waals surface area contributed by atoms with Crippen LogP contribution in [0, 0.1) is 5.41 Å². The fraction of sp³-hybridized carbons (Fsp3) is 0.538. The van der Waals surface area contributed by atoms with Crippen molar-refractivity contribution in [3.8, 4) is 0 Å². The number of carbonyl (C=O) groups is 1. The highest BCUT2D eigenvalue weighted by atomic mass is 32.2. The van der Waals surface area contributed by atoms with E-state index in [1.54, 1.807) is 0 Å². The third-order valence-electron chi connectivity index (χ3n) is 3.46. The number of nitrogens with one attached hydrogen (secondary N) is 2. The fourth-order valence-electron chi connectivity index (χ4n) is 2.45. The van der Waals surface area contributed by atoms with Gasteiger partial charge in [0.1, 0.15) is 5.56 Å². The number of H-pyrrole nitrogens is 1. The van der Waals surface area contributed by atoms with Crippen molar-refractivity contribution in [3.05, 3.63) is 33.2 Å². The number of aromatic nitrogens is 1. The molecule has 2 N–H and O–H groups in total. The minimum Gasteiger partial charge on any atom is -0.325 e. The van der Waals surface area contributed by atoms with Gasteiger partial charge in [0.25, 0.3) is 11.5 Å². The molecule has 0 atom stereocenters. The van der Waals surface area contributed by atoms with Gasteiger partial charge < -0.3 is 4.98 Å². The number of fused-ring (bicyclic) bond motifs is 1. The lowest BCUT2D eigenvalue weighted by molar-refractivity contribution is 0.0980. The van der Waals surface area contributed by atoms with E-state index in [-0.39, 0.29) is 11.0 Å². The monoisotopic (exact) mass is 298 g/mol. The highest BCUT2D eigenvalue weighted by Gasteiger charge is 2.27. The molecule has 1 amide bonds. The SMILES string of the molecule is CC1(C)CCc2[nH]c(=O)c(C(=O)NS(C)(=O)=O)cc2C1. The van der Waals surface area contributed by atoms with Gasteiger partial charge in [-0.3, -0.25) is 9.59 Å². The summed E-state index contributed by atoms with van der Waals surface area (Å²) < 4.78 is 24.0. The van der Waals surface area contributed by atoms with Gasteiger partial charge in [0, 0.05) is 5.69 Å². The Bertz CT molecular complexity index is 716. The molecule has 20 heavy (non-hydrogen) atoms. The molecule has 0 saturated heterocycles. The predicted molar refractivity (Wildman–Crippen MR) is 75.2 cm³/mol. The Morgan fingerprint density at radius 2 is 2.05 bits per heavy atom. The van der Waals surface area contributed by atoms with Gasteiger partial charge in [-0.25, -0.2) is 13.1 Å². The molecule has 1 aromatic rings. The molecule has 110 valence electrons. The van der Waals surface area contributed by atoms with Gasteiger partial charge in [0.05, 0.1) is 6.26 Å². The molecule has 2 rings (SSSR count). The largest absolute Gasteiger partial charge is 0.325 e. The summed E-state index contributed by atoms with van der Waals surface area (Å²) in [7, 11) is -3.68. The highest BCUT2D eigenvalue weighted by molar-refractivity contribution is 7.89. The summed E-state index contributed by atoms with van der Waals surface area (Å²) in [5.41, 5.74) is 1.14. The summed E-state index contributed by atoms with van der Waals surface area (Å²) in [6.07, 6.45) is 3.34. The minimum atomic E-state index is -3.68. The molecular weight excluding hydrogens is 280 g/mol. The summed E-state index contributed by atoms with van der Waals surface area (Å²) in [6, 6.07) is 1.51. The number of sulfonamides is 1. The van der Waals surface area contributed by atoms with Gasteiger partial charge >= 0.3 is 0 Å². The molecule has 0 spiro atoms. The lowest BCUT2D eigenvalue weighted by Gasteiger charge is -2.31. The second-order valence-corrected chi connectivity index (χ2v) is 7.81. The van der Waals surface area contributed by atoms with E-state index in [1.165, 1.54) is 6.07 Å². The smallest absolute Gasteiger partial charge is 0.270 e. The van der Waals surface area contributed by atoms with Gasteiger partial charge in [0.15, 0.2) is 0 Å². The molecule has 0 bridgehead atoms. The Balaban J connectivity index is 2.42. The van der Waals surface area contributed by atoms with E-state index < -0.39 is 21.5 Å². The van der Waals surface area contributed by atoms with Gasteiger partial charge in [-0.2, -0.15) is 0 Å². The molecule has 0 radical (unpaired) electrons. The number of aromatic amines is 1. The number of rotatable bonds is 2. The normalized spacial score (nSPS) is 17.4. The van der Waals surface area contributed by atoms with Crippen molar-refractivity contribution in [2.75, 3.05) is 6.26 Å². The van der Waals surface area contributed by atoms with E-state index in [2.05, 4.69) is 18.8 Å². The molecule has 1 aromatic heterocycles. The molecule has 0 fully saturated rings. The van der Waals surface area contributed by atoms with Crippen molar-refractivity contribution in [2.24, 2.45) is 5.41 Å². The number of hydrogen-bond acceptors (Lipinski definition) is 4. The quantitative estimate of drug-likeness (QED) is 0.834. The molecular formula is C13H18N2O4S. The lowest BCUT2D eigenvalue weighted by Crippen LogP contribution is -2.35. The van der Waals surface area contributed by atoms with Crippen molar-refractivity contribution in [2.45, 2.75) is 33.1 Å². The number of amides is 1. The fourth-order valence-corrected chi connectivity index (χ4v) is 2.90. The minimum absolute atomic E-state index is 0.107. The molecule has 1 heterocycles. The summed E-state index contributed by atoms with van der Waals surface area (Å²) in [5.74, 6) is -0.889. The van der Waals surface area contributed by atoms with Crippen LogP contribution in [0.3, 0.4) is 0 Å². The van der Waals surface area contributed by atoms with E-state index >= 15 is 0 Å². The van der Waals surface area contributed by atoms with Gasteiger partial charge in [-0.15, -0.1) is 0 Å². The zero-order chi connectivity index (χ0) is 15.1. The van der Waals surface area contributed by atoms with Gasteiger partial charge in [-0.05, 0) is 36.3 Å². The molecule has 1 aliphatic carbocycles. The molecule has 6 nitrogen and oxygen atoms in total. The van der Waals surface area contributed by atoms with Crippen molar-refractivity contribution in [3.63, 3.8) is 0 Å². The molecule has 0 aromatic carbocycles. The average molecular weight is 298 g/mol. The van der Waals surface area contributed by atoms with Crippen molar-refractivity contribution in [1.29, 1.82) is 0 Å². The van der Waals surface area contributed by atoms with E-state index in [0.717, 1.165) is 36.8 Å². The maximum atomic E-state index is 11.9. The molecule has 0 aliphatic heterocycles. The van der Waals surface area contributed by atoms with Crippen LogP contribution in [0.4, 0.5) is 0 Å². The molecule has 1 aliphatic rings. The zero-order valence-corrected chi connectivity index (χ0v) is 12.6. The van der Waals surface area contributed by atoms with Crippen LogP contribution in [0.15, 0.2) is 10.9 Å². The predicted octanol–water partition coefficient (Wildman–Crippen LogP) is 0.579. The van der Waals surface area contributed by atoms with Crippen molar-refractivity contribution >= 4 is 15.9 Å². The summed E-state index contributed by atoms with van der Waals surface area (Å²) in [4.78, 5) is 26.4. The Morgan fingerprint density at radius 3 is 2.65 bits per heavy atom. The van der Waals surface area contributed by atoms with Crippen LogP contribution >= 0.6 is 0 Å². The van der Waals surface area contributed by atoms with Crippen molar-refractivity contribution in [1.82, 2.24) is 9.71 Å². The van der Waals surface area contributed by atoms with Crippen molar-refractivity contribution < 1.29 is 13.2 Å². The van der Waals surface area contributed by atoms with E-state index in [4.69, 9.17) is 0 Å². The first-order valence-corrected chi connectivity index (χ1v) is 8.24. The first kappa shape index (κ1) is 14.8. The first-order chi connectivity index (χ1) is 9.07. The molecule has 7 heteroatoms. The third kappa shape index (κ3) is 3.27. The number of carbonyl (C=O) groups excluding carboxylic acids is 1. The van der Waals surface area contributed by atoms with E-state index in [1.807, 2.05) is 4.72 Å². The number of pyridine rings is 1. The lowest BCUT2D eigenvalue weighted by atomic mass is 9.76. The van der Waals surface area contributed by atoms with E-state index in [9.17, 15) is 18.0 Å². The second-order valence-electron chi connectivity index (χ2n) is 6.06. The van der Waals surface area contributed by atoms with Crippen LogP contribution in [0.1, 0.15) is 41.9 Å². The second kappa shape index (κ2) is 4.73. The van der Waals surface area contributed by atoms with Gasteiger partial charge in [0.2, 0.25) is 10.0 Å². The van der Waals surface area contributed by atoms with Crippen LogP contribution in [-0.4, -0.2) is 25.6 Å².